The molecule has 2 aliphatic heterocycles. The highest BCUT2D eigenvalue weighted by Gasteiger charge is 2.24. The van der Waals surface area contributed by atoms with Crippen molar-refractivity contribution >= 4 is 23.2 Å². The number of nitrogens with one attached hydrogen (secondary N) is 3. The molecule has 2 saturated heterocycles. The molecule has 3 N–H and O–H groups in total. The van der Waals surface area contributed by atoms with Crippen molar-refractivity contribution in [2.75, 3.05) is 63.2 Å². The summed E-state index contributed by atoms with van der Waals surface area (Å²) in [5.41, 5.74) is 0.999. The van der Waals surface area contributed by atoms with Gasteiger partial charge in [-0.3, -0.25) is 4.79 Å². The van der Waals surface area contributed by atoms with Crippen LogP contribution in [0.4, 0.5) is 17.3 Å². The van der Waals surface area contributed by atoms with Gasteiger partial charge in [0.15, 0.2) is 17.2 Å². The quantitative estimate of drug-likeness (QED) is 0.562. The Bertz CT molecular complexity index is 936. The molecule has 12 nitrogen and oxygen atoms in total. The standard InChI is InChI=1S/C19H23N9O3/c20-8-13-9-24-17(12-22-13)25-16-7-15(23-11-14-10-21-1-4-31-14)18(27-26-16)19(29)28-2-5-30-6-3-28/h7,9,12,14,21H,1-6,10-11H2,(H2,23,24,25,26). The molecule has 31 heavy (non-hydrogen) atoms. The zero-order valence-corrected chi connectivity index (χ0v) is 16.9. The molecular weight excluding hydrogens is 402 g/mol. The summed E-state index contributed by atoms with van der Waals surface area (Å²) in [6.07, 6.45) is 2.77. The van der Waals surface area contributed by atoms with Gasteiger partial charge in [-0.25, -0.2) is 9.97 Å². The molecule has 1 unspecified atom stereocenters. The molecule has 4 rings (SSSR count). The van der Waals surface area contributed by atoms with Crippen molar-refractivity contribution in [3.8, 4) is 6.07 Å². The molecule has 0 aromatic carbocycles. The molecule has 0 bridgehead atoms. The van der Waals surface area contributed by atoms with Gasteiger partial charge in [-0.05, 0) is 0 Å². The summed E-state index contributed by atoms with van der Waals surface area (Å²) in [7, 11) is 0. The van der Waals surface area contributed by atoms with E-state index in [1.54, 1.807) is 11.0 Å². The minimum atomic E-state index is -0.203. The van der Waals surface area contributed by atoms with E-state index in [0.717, 1.165) is 13.1 Å². The average molecular weight is 425 g/mol. The molecule has 2 aromatic rings. The van der Waals surface area contributed by atoms with Crippen molar-refractivity contribution in [1.82, 2.24) is 30.4 Å². The van der Waals surface area contributed by atoms with E-state index in [2.05, 4.69) is 36.1 Å². The second kappa shape index (κ2) is 10.1. The molecule has 0 radical (unpaired) electrons. The number of carbonyl (C=O) groups is 1. The van der Waals surface area contributed by atoms with Crippen LogP contribution in [0.15, 0.2) is 18.5 Å². The number of hydrogen-bond acceptors (Lipinski definition) is 11. The lowest BCUT2D eigenvalue weighted by Gasteiger charge is -2.28. The van der Waals surface area contributed by atoms with E-state index >= 15 is 0 Å². The first-order valence-electron chi connectivity index (χ1n) is 10.0. The van der Waals surface area contributed by atoms with Crippen molar-refractivity contribution in [2.24, 2.45) is 0 Å². The van der Waals surface area contributed by atoms with E-state index < -0.39 is 0 Å². The first kappa shape index (κ1) is 20.9. The number of hydrogen-bond donors (Lipinski definition) is 3. The Balaban J connectivity index is 1.53. The van der Waals surface area contributed by atoms with Crippen LogP contribution in [-0.4, -0.2) is 89.6 Å². The van der Waals surface area contributed by atoms with Gasteiger partial charge in [0.2, 0.25) is 0 Å². The second-order valence-electron chi connectivity index (χ2n) is 7.00. The maximum Gasteiger partial charge on any atom is 0.276 e. The van der Waals surface area contributed by atoms with Crippen molar-refractivity contribution in [3.63, 3.8) is 0 Å². The van der Waals surface area contributed by atoms with E-state index in [-0.39, 0.29) is 23.4 Å². The highest BCUT2D eigenvalue weighted by Crippen LogP contribution is 2.21. The topological polar surface area (TPSA) is 150 Å². The van der Waals surface area contributed by atoms with E-state index in [1.165, 1.54) is 12.4 Å². The van der Waals surface area contributed by atoms with Crippen LogP contribution < -0.4 is 16.0 Å². The fraction of sp³-hybridized carbons (Fsp3) is 0.474. The number of anilines is 3. The molecule has 12 heteroatoms. The Labute approximate surface area is 179 Å². The first-order valence-corrected chi connectivity index (χ1v) is 10.0. The number of nitriles is 1. The number of morpholine rings is 2. The molecule has 4 heterocycles. The number of aromatic nitrogens is 4. The van der Waals surface area contributed by atoms with Crippen LogP contribution in [0.1, 0.15) is 16.2 Å². The minimum Gasteiger partial charge on any atom is -0.380 e. The van der Waals surface area contributed by atoms with Crippen molar-refractivity contribution in [2.45, 2.75) is 6.10 Å². The molecule has 2 aliphatic rings. The summed E-state index contributed by atoms with van der Waals surface area (Å²) in [5, 5.41) is 26.7. The van der Waals surface area contributed by atoms with Gasteiger partial charge in [0.1, 0.15) is 11.9 Å². The van der Waals surface area contributed by atoms with Crippen LogP contribution in [0.2, 0.25) is 0 Å². The number of amides is 1. The Morgan fingerprint density at radius 3 is 2.81 bits per heavy atom. The minimum absolute atomic E-state index is 0.0194. The zero-order chi connectivity index (χ0) is 21.5. The molecule has 0 saturated carbocycles. The molecule has 162 valence electrons. The monoisotopic (exact) mass is 425 g/mol. The molecule has 2 fully saturated rings. The third-order valence-electron chi connectivity index (χ3n) is 4.84. The van der Waals surface area contributed by atoms with Gasteiger partial charge in [-0.2, -0.15) is 5.26 Å². The van der Waals surface area contributed by atoms with Crippen LogP contribution in [0.5, 0.6) is 0 Å². The average Bonchev–Trinajstić information content (AvgIpc) is 2.84. The van der Waals surface area contributed by atoms with Crippen LogP contribution in [0, 0.1) is 11.3 Å². The molecule has 1 atom stereocenters. The summed E-state index contributed by atoms with van der Waals surface area (Å²) in [5.74, 6) is 0.597. The number of rotatable bonds is 6. The third-order valence-corrected chi connectivity index (χ3v) is 4.84. The SMILES string of the molecule is N#Cc1cnc(Nc2cc(NCC3CNCCO3)c(C(=O)N3CCOCC3)nn2)cn1. The third kappa shape index (κ3) is 5.40. The van der Waals surface area contributed by atoms with Crippen molar-refractivity contribution < 1.29 is 14.3 Å². The lowest BCUT2D eigenvalue weighted by Crippen LogP contribution is -2.43. The summed E-state index contributed by atoms with van der Waals surface area (Å²) in [6.45, 7) is 4.73. The number of nitrogens with zero attached hydrogens (tertiary/aromatic N) is 6. The largest absolute Gasteiger partial charge is 0.380 e. The Hall–Kier alpha value is -3.40. The maximum atomic E-state index is 13.0. The van der Waals surface area contributed by atoms with Gasteiger partial charge in [0.25, 0.3) is 5.91 Å². The van der Waals surface area contributed by atoms with Crippen LogP contribution in [-0.2, 0) is 9.47 Å². The molecule has 0 aliphatic carbocycles. The zero-order valence-electron chi connectivity index (χ0n) is 16.9. The van der Waals surface area contributed by atoms with E-state index in [0.29, 0.717) is 56.8 Å². The van der Waals surface area contributed by atoms with E-state index in [4.69, 9.17) is 14.7 Å². The fourth-order valence-electron chi connectivity index (χ4n) is 3.22. The van der Waals surface area contributed by atoms with Crippen molar-refractivity contribution in [3.05, 3.63) is 29.8 Å². The fourth-order valence-corrected chi connectivity index (χ4v) is 3.22. The highest BCUT2D eigenvalue weighted by atomic mass is 16.5. The predicted molar refractivity (Wildman–Crippen MR) is 110 cm³/mol. The normalized spacial score (nSPS) is 18.8. The van der Waals surface area contributed by atoms with Gasteiger partial charge in [-0.15, -0.1) is 10.2 Å². The van der Waals surface area contributed by atoms with Crippen LogP contribution in [0.3, 0.4) is 0 Å². The molecular formula is C19H23N9O3. The van der Waals surface area contributed by atoms with Crippen LogP contribution >= 0.6 is 0 Å². The molecule has 0 spiro atoms. The highest BCUT2D eigenvalue weighted by molar-refractivity contribution is 5.98. The summed E-state index contributed by atoms with van der Waals surface area (Å²) >= 11 is 0. The molecule has 1 amide bonds. The Morgan fingerprint density at radius 1 is 1.23 bits per heavy atom. The Kier molecular flexibility index (Phi) is 6.78. The van der Waals surface area contributed by atoms with Crippen molar-refractivity contribution in [1.29, 1.82) is 5.26 Å². The molecule has 2 aromatic heterocycles. The maximum absolute atomic E-state index is 13.0. The Morgan fingerprint density at radius 2 is 2.10 bits per heavy atom. The second-order valence-corrected chi connectivity index (χ2v) is 7.00. The van der Waals surface area contributed by atoms with E-state index in [9.17, 15) is 4.79 Å². The van der Waals surface area contributed by atoms with Gasteiger partial charge < -0.3 is 30.3 Å². The summed E-state index contributed by atoms with van der Waals surface area (Å²) in [4.78, 5) is 22.8. The smallest absolute Gasteiger partial charge is 0.276 e. The summed E-state index contributed by atoms with van der Waals surface area (Å²) in [6, 6.07) is 3.62. The van der Waals surface area contributed by atoms with Gasteiger partial charge in [-0.1, -0.05) is 0 Å². The lowest BCUT2D eigenvalue weighted by atomic mass is 10.2. The summed E-state index contributed by atoms with van der Waals surface area (Å²) < 4.78 is 11.1. The number of carbonyl (C=O) groups excluding carboxylic acids is 1. The van der Waals surface area contributed by atoms with Crippen LogP contribution in [0.25, 0.3) is 0 Å². The van der Waals surface area contributed by atoms with Gasteiger partial charge >= 0.3 is 0 Å². The number of ether oxygens (including phenoxy) is 2. The van der Waals surface area contributed by atoms with Gasteiger partial charge in [0, 0.05) is 38.8 Å². The lowest BCUT2D eigenvalue weighted by molar-refractivity contribution is 0.0298. The van der Waals surface area contributed by atoms with E-state index in [1.807, 2.05) is 6.07 Å². The predicted octanol–water partition coefficient (Wildman–Crippen LogP) is -0.245. The first-order chi connectivity index (χ1) is 15.2. The van der Waals surface area contributed by atoms with Gasteiger partial charge in [0.05, 0.1) is 44.0 Å².